The molecular formula is C16H18N4S. The molecule has 5 heteroatoms. The highest BCUT2D eigenvalue weighted by molar-refractivity contribution is 8.00. The first-order valence-electron chi connectivity index (χ1n) is 6.81. The van der Waals surface area contributed by atoms with Gasteiger partial charge in [0, 0.05) is 33.2 Å². The molecule has 0 radical (unpaired) electrons. The van der Waals surface area contributed by atoms with Crippen LogP contribution >= 0.6 is 11.8 Å². The van der Waals surface area contributed by atoms with Crippen LogP contribution in [-0.2, 0) is 0 Å². The minimum absolute atomic E-state index is 0.182. The molecule has 0 saturated heterocycles. The van der Waals surface area contributed by atoms with Crippen LogP contribution in [0.3, 0.4) is 0 Å². The minimum Gasteiger partial charge on any atom is -0.384 e. The summed E-state index contributed by atoms with van der Waals surface area (Å²) < 4.78 is 2.07. The summed E-state index contributed by atoms with van der Waals surface area (Å²) in [5.41, 5.74) is 8.82. The first-order chi connectivity index (χ1) is 9.92. The summed E-state index contributed by atoms with van der Waals surface area (Å²) >= 11 is 1.85. The molecule has 0 aromatic carbocycles. The summed E-state index contributed by atoms with van der Waals surface area (Å²) in [5.74, 6) is 0.527. The fraction of sp³-hybridized carbons (Fsp3) is 0.250. The number of aromatic nitrogens is 3. The third-order valence-electron chi connectivity index (χ3n) is 3.01. The zero-order chi connectivity index (χ0) is 15.0. The third-order valence-corrected chi connectivity index (χ3v) is 4.12. The zero-order valence-electron chi connectivity index (χ0n) is 12.4. The molecule has 108 valence electrons. The molecule has 3 aromatic rings. The molecule has 0 aliphatic carbocycles. The van der Waals surface area contributed by atoms with E-state index in [0.29, 0.717) is 5.82 Å². The molecule has 0 spiro atoms. The van der Waals surface area contributed by atoms with Crippen molar-refractivity contribution in [1.82, 2.24) is 14.6 Å². The van der Waals surface area contributed by atoms with Crippen molar-refractivity contribution in [3.05, 3.63) is 42.9 Å². The normalized spacial score (nSPS) is 12.0. The Morgan fingerprint density at radius 2 is 1.95 bits per heavy atom. The number of pyridine rings is 2. The topological polar surface area (TPSA) is 56.2 Å². The molecule has 0 unspecified atom stereocenters. The predicted molar refractivity (Wildman–Crippen MR) is 88.4 cm³/mol. The largest absolute Gasteiger partial charge is 0.384 e. The Balaban J connectivity index is 2.07. The molecule has 0 atom stereocenters. The van der Waals surface area contributed by atoms with Crippen LogP contribution in [0.4, 0.5) is 5.82 Å². The van der Waals surface area contributed by atoms with Crippen molar-refractivity contribution in [2.75, 3.05) is 5.73 Å². The summed E-state index contributed by atoms with van der Waals surface area (Å²) in [7, 11) is 0. The maximum atomic E-state index is 5.65. The second-order valence-corrected chi connectivity index (χ2v) is 7.84. The van der Waals surface area contributed by atoms with Gasteiger partial charge in [-0.1, -0.05) is 20.8 Å². The maximum absolute atomic E-state index is 5.65. The summed E-state index contributed by atoms with van der Waals surface area (Å²) in [6.45, 7) is 6.63. The quantitative estimate of drug-likeness (QED) is 0.730. The van der Waals surface area contributed by atoms with Gasteiger partial charge in [-0.25, -0.2) is 9.50 Å². The number of fused-ring (bicyclic) bond motifs is 1. The SMILES string of the molecule is CC(C)(C)Sc1ccn2ncc(-c3ccc(N)nc3)c2c1. The fourth-order valence-corrected chi connectivity index (χ4v) is 3.17. The van der Waals surface area contributed by atoms with Gasteiger partial charge in [-0.15, -0.1) is 11.8 Å². The molecule has 0 amide bonds. The minimum atomic E-state index is 0.182. The number of hydrogen-bond acceptors (Lipinski definition) is 4. The molecule has 4 nitrogen and oxygen atoms in total. The Morgan fingerprint density at radius 1 is 1.14 bits per heavy atom. The fourth-order valence-electron chi connectivity index (χ4n) is 2.17. The average Bonchev–Trinajstić information content (AvgIpc) is 2.81. The summed E-state index contributed by atoms with van der Waals surface area (Å²) in [4.78, 5) is 5.40. The first-order valence-corrected chi connectivity index (χ1v) is 7.62. The van der Waals surface area contributed by atoms with E-state index in [4.69, 9.17) is 5.73 Å². The predicted octanol–water partition coefficient (Wildman–Crippen LogP) is 3.87. The molecule has 21 heavy (non-hydrogen) atoms. The number of hydrogen-bond donors (Lipinski definition) is 1. The number of anilines is 1. The van der Waals surface area contributed by atoms with E-state index in [9.17, 15) is 0 Å². The lowest BCUT2D eigenvalue weighted by Gasteiger charge is -2.17. The van der Waals surface area contributed by atoms with E-state index >= 15 is 0 Å². The number of nitrogens with zero attached hydrogens (tertiary/aromatic N) is 3. The van der Waals surface area contributed by atoms with E-state index in [1.54, 1.807) is 6.20 Å². The van der Waals surface area contributed by atoms with E-state index in [1.807, 2.05) is 40.8 Å². The van der Waals surface area contributed by atoms with Gasteiger partial charge >= 0.3 is 0 Å². The Morgan fingerprint density at radius 3 is 2.62 bits per heavy atom. The number of nitrogen functional groups attached to an aromatic ring is 1. The van der Waals surface area contributed by atoms with Crippen molar-refractivity contribution in [1.29, 1.82) is 0 Å². The van der Waals surface area contributed by atoms with Crippen molar-refractivity contribution < 1.29 is 0 Å². The van der Waals surface area contributed by atoms with E-state index in [0.717, 1.165) is 16.6 Å². The van der Waals surface area contributed by atoms with Gasteiger partial charge in [0.05, 0.1) is 11.7 Å². The summed E-state index contributed by atoms with van der Waals surface area (Å²) in [6.07, 6.45) is 5.65. The number of thioether (sulfide) groups is 1. The molecule has 0 fully saturated rings. The maximum Gasteiger partial charge on any atom is 0.123 e. The average molecular weight is 298 g/mol. The van der Waals surface area contributed by atoms with E-state index < -0.39 is 0 Å². The summed E-state index contributed by atoms with van der Waals surface area (Å²) in [6, 6.07) is 8.06. The van der Waals surface area contributed by atoms with Crippen molar-refractivity contribution in [2.45, 2.75) is 30.4 Å². The van der Waals surface area contributed by atoms with Crippen LogP contribution in [0.2, 0.25) is 0 Å². The van der Waals surface area contributed by atoms with Gasteiger partial charge in [0.2, 0.25) is 0 Å². The van der Waals surface area contributed by atoms with Gasteiger partial charge in [0.1, 0.15) is 5.82 Å². The molecule has 0 aliphatic heterocycles. The van der Waals surface area contributed by atoms with Crippen LogP contribution < -0.4 is 5.73 Å². The smallest absolute Gasteiger partial charge is 0.123 e. The van der Waals surface area contributed by atoms with Gasteiger partial charge in [0.15, 0.2) is 0 Å². The second-order valence-electron chi connectivity index (χ2n) is 5.94. The molecule has 0 aliphatic rings. The second kappa shape index (κ2) is 5.07. The first kappa shape index (κ1) is 13.9. The van der Waals surface area contributed by atoms with Gasteiger partial charge < -0.3 is 5.73 Å². The van der Waals surface area contributed by atoms with Crippen LogP contribution in [-0.4, -0.2) is 19.3 Å². The van der Waals surface area contributed by atoms with Gasteiger partial charge in [0.25, 0.3) is 0 Å². The van der Waals surface area contributed by atoms with Gasteiger partial charge in [-0.2, -0.15) is 5.10 Å². The molecule has 2 N–H and O–H groups in total. The number of rotatable bonds is 2. The van der Waals surface area contributed by atoms with Crippen LogP contribution in [0.5, 0.6) is 0 Å². The van der Waals surface area contributed by atoms with Crippen molar-refractivity contribution in [3.63, 3.8) is 0 Å². The molecule has 0 saturated carbocycles. The van der Waals surface area contributed by atoms with Crippen molar-refractivity contribution >= 4 is 23.1 Å². The van der Waals surface area contributed by atoms with E-state index in [-0.39, 0.29) is 4.75 Å². The Labute approximate surface area is 128 Å². The van der Waals surface area contributed by atoms with E-state index in [2.05, 4.69) is 43.0 Å². The highest BCUT2D eigenvalue weighted by atomic mass is 32.2. The monoisotopic (exact) mass is 298 g/mol. The van der Waals surface area contributed by atoms with Crippen LogP contribution in [0.1, 0.15) is 20.8 Å². The van der Waals surface area contributed by atoms with E-state index in [1.165, 1.54) is 4.90 Å². The molecule has 3 heterocycles. The highest BCUT2D eigenvalue weighted by Crippen LogP contribution is 2.34. The van der Waals surface area contributed by atoms with Crippen LogP contribution in [0.15, 0.2) is 47.8 Å². The van der Waals surface area contributed by atoms with Gasteiger partial charge in [-0.3, -0.25) is 0 Å². The lowest BCUT2D eigenvalue weighted by Crippen LogP contribution is -2.06. The standard InChI is InChI=1S/C16H18N4S/c1-16(2,3)21-12-6-7-20-14(8-12)13(10-19-20)11-4-5-15(17)18-9-11/h4-10H,1-3H3,(H2,17,18). The van der Waals surface area contributed by atoms with Crippen LogP contribution in [0.25, 0.3) is 16.6 Å². The Bertz CT molecular complexity index is 769. The van der Waals surface area contributed by atoms with Crippen LogP contribution in [0, 0.1) is 0 Å². The molecule has 0 bridgehead atoms. The highest BCUT2D eigenvalue weighted by Gasteiger charge is 2.14. The zero-order valence-corrected chi connectivity index (χ0v) is 13.2. The van der Waals surface area contributed by atoms with Crippen molar-refractivity contribution in [3.8, 4) is 11.1 Å². The molecular weight excluding hydrogens is 280 g/mol. The van der Waals surface area contributed by atoms with Gasteiger partial charge in [-0.05, 0) is 24.3 Å². The van der Waals surface area contributed by atoms with Crippen molar-refractivity contribution in [2.24, 2.45) is 0 Å². The Kier molecular flexibility index (Phi) is 3.37. The Hall–Kier alpha value is -2.01. The molecule has 3 aromatic heterocycles. The summed E-state index contributed by atoms with van der Waals surface area (Å²) in [5, 5.41) is 4.40. The third kappa shape index (κ3) is 3.03. The lowest BCUT2D eigenvalue weighted by atomic mass is 10.1. The number of nitrogens with two attached hydrogens (primary N) is 1. The lowest BCUT2D eigenvalue weighted by molar-refractivity contribution is 0.802. The molecule has 3 rings (SSSR count).